The lowest BCUT2D eigenvalue weighted by molar-refractivity contribution is 0.475. The Morgan fingerprint density at radius 1 is 0.944 bits per heavy atom. The fourth-order valence-corrected chi connectivity index (χ4v) is 2.72. The summed E-state index contributed by atoms with van der Waals surface area (Å²) in [5.74, 6) is 1.87. The molecule has 3 rings (SSSR count). The van der Waals surface area contributed by atoms with E-state index in [0.29, 0.717) is 6.54 Å². The minimum atomic E-state index is 0.476. The van der Waals surface area contributed by atoms with Crippen molar-refractivity contribution in [2.75, 3.05) is 0 Å². The SMILES string of the molecule is NCc1ccc(Cc2ccc3c(c2)CCCC3)o1. The monoisotopic (exact) mass is 241 g/mol. The van der Waals surface area contributed by atoms with Gasteiger partial charge >= 0.3 is 0 Å². The van der Waals surface area contributed by atoms with Gasteiger partial charge in [0.05, 0.1) is 6.54 Å². The van der Waals surface area contributed by atoms with Crippen LogP contribution in [0.1, 0.15) is 41.1 Å². The second-order valence-corrected chi connectivity index (χ2v) is 5.06. The molecule has 2 nitrogen and oxygen atoms in total. The zero-order valence-electron chi connectivity index (χ0n) is 10.6. The van der Waals surface area contributed by atoms with Crippen LogP contribution < -0.4 is 5.73 Å². The minimum absolute atomic E-state index is 0.476. The molecule has 2 aromatic rings. The van der Waals surface area contributed by atoms with Gasteiger partial charge in [-0.15, -0.1) is 0 Å². The predicted molar refractivity (Wildman–Crippen MR) is 72.5 cm³/mol. The molecule has 0 fully saturated rings. The maximum absolute atomic E-state index is 5.66. The van der Waals surface area contributed by atoms with Crippen LogP contribution in [0.2, 0.25) is 0 Å². The van der Waals surface area contributed by atoms with Crippen LogP contribution in [0, 0.1) is 0 Å². The van der Waals surface area contributed by atoms with Gasteiger partial charge in [-0.1, -0.05) is 18.2 Å². The van der Waals surface area contributed by atoms with Crippen LogP contribution in [0.3, 0.4) is 0 Å². The summed E-state index contributed by atoms with van der Waals surface area (Å²) < 4.78 is 5.66. The van der Waals surface area contributed by atoms with E-state index in [1.165, 1.54) is 42.4 Å². The Morgan fingerprint density at radius 3 is 2.50 bits per heavy atom. The Kier molecular flexibility index (Phi) is 3.20. The molecule has 0 amide bonds. The van der Waals surface area contributed by atoms with Crippen molar-refractivity contribution in [3.63, 3.8) is 0 Å². The number of benzene rings is 1. The summed E-state index contributed by atoms with van der Waals surface area (Å²) in [6.45, 7) is 0.476. The molecule has 1 aliphatic carbocycles. The van der Waals surface area contributed by atoms with Gasteiger partial charge in [0.1, 0.15) is 11.5 Å². The molecule has 0 radical (unpaired) electrons. The number of nitrogens with two attached hydrogens (primary N) is 1. The first-order chi connectivity index (χ1) is 8.85. The van der Waals surface area contributed by atoms with Crippen LogP contribution >= 0.6 is 0 Å². The average Bonchev–Trinajstić information content (AvgIpc) is 2.86. The third-order valence-corrected chi connectivity index (χ3v) is 3.71. The zero-order chi connectivity index (χ0) is 12.4. The van der Waals surface area contributed by atoms with E-state index in [2.05, 4.69) is 18.2 Å². The van der Waals surface area contributed by atoms with E-state index < -0.39 is 0 Å². The smallest absolute Gasteiger partial charge is 0.117 e. The van der Waals surface area contributed by atoms with Crippen molar-refractivity contribution in [1.82, 2.24) is 0 Å². The summed E-state index contributed by atoms with van der Waals surface area (Å²) in [5, 5.41) is 0. The molecule has 0 spiro atoms. The predicted octanol–water partition coefficient (Wildman–Crippen LogP) is 3.21. The highest BCUT2D eigenvalue weighted by Crippen LogP contribution is 2.23. The van der Waals surface area contributed by atoms with Gasteiger partial charge in [-0.2, -0.15) is 0 Å². The van der Waals surface area contributed by atoms with Crippen LogP contribution in [0.15, 0.2) is 34.7 Å². The average molecular weight is 241 g/mol. The first-order valence-corrected chi connectivity index (χ1v) is 6.73. The first kappa shape index (κ1) is 11.5. The zero-order valence-corrected chi connectivity index (χ0v) is 10.6. The molecular weight excluding hydrogens is 222 g/mol. The van der Waals surface area contributed by atoms with E-state index in [0.717, 1.165) is 17.9 Å². The summed E-state index contributed by atoms with van der Waals surface area (Å²) in [6, 6.07) is 10.9. The number of hydrogen-bond acceptors (Lipinski definition) is 2. The maximum Gasteiger partial charge on any atom is 0.117 e. The molecule has 1 aromatic heterocycles. The summed E-state index contributed by atoms with van der Waals surface area (Å²) in [6.07, 6.45) is 6.01. The molecule has 0 aliphatic heterocycles. The normalized spacial score (nSPS) is 14.5. The van der Waals surface area contributed by atoms with Crippen molar-refractivity contribution in [2.45, 2.75) is 38.6 Å². The van der Waals surface area contributed by atoms with Gasteiger partial charge < -0.3 is 10.2 Å². The molecule has 2 heteroatoms. The molecule has 1 aliphatic rings. The van der Waals surface area contributed by atoms with Gasteiger partial charge in [0.2, 0.25) is 0 Å². The van der Waals surface area contributed by atoms with Crippen LogP contribution in [0.25, 0.3) is 0 Å². The highest BCUT2D eigenvalue weighted by atomic mass is 16.3. The molecule has 94 valence electrons. The van der Waals surface area contributed by atoms with Crippen molar-refractivity contribution in [1.29, 1.82) is 0 Å². The first-order valence-electron chi connectivity index (χ1n) is 6.73. The quantitative estimate of drug-likeness (QED) is 0.896. The summed E-state index contributed by atoms with van der Waals surface area (Å²) in [7, 11) is 0. The largest absolute Gasteiger partial charge is 0.464 e. The lowest BCUT2D eigenvalue weighted by Crippen LogP contribution is -2.03. The summed E-state index contributed by atoms with van der Waals surface area (Å²) in [4.78, 5) is 0. The Labute approximate surface area is 108 Å². The van der Waals surface area contributed by atoms with Crippen LogP contribution in [-0.4, -0.2) is 0 Å². The molecule has 18 heavy (non-hydrogen) atoms. The van der Waals surface area contributed by atoms with Gasteiger partial charge in [0, 0.05) is 6.42 Å². The molecular formula is C16H19NO. The third kappa shape index (κ3) is 2.34. The van der Waals surface area contributed by atoms with Crippen molar-refractivity contribution < 1.29 is 4.42 Å². The van der Waals surface area contributed by atoms with Crippen LogP contribution in [0.5, 0.6) is 0 Å². The van der Waals surface area contributed by atoms with Crippen molar-refractivity contribution in [2.24, 2.45) is 5.73 Å². The fourth-order valence-electron chi connectivity index (χ4n) is 2.72. The van der Waals surface area contributed by atoms with Crippen molar-refractivity contribution >= 4 is 0 Å². The molecule has 0 atom stereocenters. The summed E-state index contributed by atoms with van der Waals surface area (Å²) >= 11 is 0. The van der Waals surface area contributed by atoms with Gasteiger partial charge in [0.25, 0.3) is 0 Å². The number of furan rings is 1. The van der Waals surface area contributed by atoms with E-state index in [1.807, 2.05) is 12.1 Å². The molecule has 0 saturated carbocycles. The Bertz CT molecular complexity index is 542. The lowest BCUT2D eigenvalue weighted by Gasteiger charge is -2.16. The van der Waals surface area contributed by atoms with E-state index >= 15 is 0 Å². The van der Waals surface area contributed by atoms with E-state index in [4.69, 9.17) is 10.2 Å². The Hall–Kier alpha value is -1.54. The molecule has 1 aromatic carbocycles. The van der Waals surface area contributed by atoms with E-state index in [-0.39, 0.29) is 0 Å². The molecule has 0 bridgehead atoms. The number of hydrogen-bond donors (Lipinski definition) is 1. The number of aryl methyl sites for hydroxylation is 2. The highest BCUT2D eigenvalue weighted by molar-refractivity contribution is 5.35. The Morgan fingerprint density at radius 2 is 1.72 bits per heavy atom. The second-order valence-electron chi connectivity index (χ2n) is 5.06. The van der Waals surface area contributed by atoms with Gasteiger partial charge in [0.15, 0.2) is 0 Å². The molecule has 0 saturated heterocycles. The molecule has 2 N–H and O–H groups in total. The third-order valence-electron chi connectivity index (χ3n) is 3.71. The molecule has 1 heterocycles. The van der Waals surface area contributed by atoms with E-state index in [9.17, 15) is 0 Å². The highest BCUT2D eigenvalue weighted by Gasteiger charge is 2.10. The fraction of sp³-hybridized carbons (Fsp3) is 0.375. The second kappa shape index (κ2) is 4.99. The maximum atomic E-state index is 5.66. The number of rotatable bonds is 3. The van der Waals surface area contributed by atoms with Gasteiger partial charge in [-0.25, -0.2) is 0 Å². The van der Waals surface area contributed by atoms with Crippen LogP contribution in [0.4, 0.5) is 0 Å². The van der Waals surface area contributed by atoms with Crippen LogP contribution in [-0.2, 0) is 25.8 Å². The summed E-state index contributed by atoms with van der Waals surface area (Å²) in [5.41, 5.74) is 9.96. The van der Waals surface area contributed by atoms with E-state index in [1.54, 1.807) is 0 Å². The molecule has 0 unspecified atom stereocenters. The standard InChI is InChI=1S/C16H19NO/c17-11-16-8-7-15(18-16)10-12-5-6-13-3-1-2-4-14(13)9-12/h5-9H,1-4,10-11,17H2. The van der Waals surface area contributed by atoms with Gasteiger partial charge in [-0.3, -0.25) is 0 Å². The minimum Gasteiger partial charge on any atom is -0.464 e. The topological polar surface area (TPSA) is 39.2 Å². The van der Waals surface area contributed by atoms with Crippen molar-refractivity contribution in [3.8, 4) is 0 Å². The van der Waals surface area contributed by atoms with Gasteiger partial charge in [-0.05, 0) is 54.5 Å². The Balaban J connectivity index is 1.80. The number of fused-ring (bicyclic) bond motifs is 1. The lowest BCUT2D eigenvalue weighted by atomic mass is 9.90. The van der Waals surface area contributed by atoms with Crippen molar-refractivity contribution in [3.05, 3.63) is 58.5 Å².